The van der Waals surface area contributed by atoms with Crippen molar-refractivity contribution in [1.29, 1.82) is 0 Å². The van der Waals surface area contributed by atoms with Crippen LogP contribution in [0.5, 0.6) is 0 Å². The van der Waals surface area contributed by atoms with Crippen LogP contribution in [-0.2, 0) is 10.0 Å². The maximum atomic E-state index is 12.9. The van der Waals surface area contributed by atoms with Gasteiger partial charge in [-0.2, -0.15) is 4.31 Å². The fraction of sp³-hybridized carbons (Fsp3) is 0.263. The van der Waals surface area contributed by atoms with Gasteiger partial charge in [0.1, 0.15) is 0 Å². The highest BCUT2D eigenvalue weighted by Crippen LogP contribution is 2.28. The van der Waals surface area contributed by atoms with Crippen LogP contribution >= 0.6 is 0 Å². The van der Waals surface area contributed by atoms with E-state index in [2.05, 4.69) is 4.90 Å². The molecule has 5 heteroatoms. The Morgan fingerprint density at radius 3 is 2.25 bits per heavy atom. The minimum absolute atomic E-state index is 0.157. The zero-order valence-electron chi connectivity index (χ0n) is 13.7. The molecule has 0 N–H and O–H groups in total. The van der Waals surface area contributed by atoms with Crippen molar-refractivity contribution in [2.24, 2.45) is 0 Å². The third-order valence-corrected chi connectivity index (χ3v) is 5.85. The number of likely N-dealkylation sites (N-methyl/N-ethyl adjacent to an activating group) is 1. The first kappa shape index (κ1) is 16.9. The predicted molar refractivity (Wildman–Crippen MR) is 97.8 cm³/mol. The largest absolute Gasteiger partial charge is 0.303 e. The number of piperazine rings is 1. The van der Waals surface area contributed by atoms with E-state index in [1.54, 1.807) is 10.4 Å². The van der Waals surface area contributed by atoms with Crippen molar-refractivity contribution in [3.05, 3.63) is 77.2 Å². The Hall–Kier alpha value is -1.95. The normalized spacial score (nSPS) is 20.5. The highest BCUT2D eigenvalue weighted by Gasteiger charge is 2.33. The SMILES string of the molecule is CN1CCN(S(=O)(=O)/C=C/c2ccccc2)C(c2ccccc2)C1. The lowest BCUT2D eigenvalue weighted by molar-refractivity contribution is 0.162. The van der Waals surface area contributed by atoms with E-state index < -0.39 is 10.0 Å². The van der Waals surface area contributed by atoms with Gasteiger partial charge in [0, 0.05) is 25.0 Å². The lowest BCUT2D eigenvalue weighted by atomic mass is 10.1. The molecule has 0 amide bonds. The van der Waals surface area contributed by atoms with E-state index >= 15 is 0 Å². The summed E-state index contributed by atoms with van der Waals surface area (Å²) in [6.07, 6.45) is 1.66. The van der Waals surface area contributed by atoms with Crippen LogP contribution in [0, 0.1) is 0 Å². The average molecular weight is 342 g/mol. The maximum absolute atomic E-state index is 12.9. The number of rotatable bonds is 4. The molecule has 3 rings (SSSR count). The summed E-state index contributed by atoms with van der Waals surface area (Å²) in [5.74, 6) is 0. The monoisotopic (exact) mass is 342 g/mol. The van der Waals surface area contributed by atoms with E-state index in [1.165, 1.54) is 5.41 Å². The molecule has 1 fully saturated rings. The van der Waals surface area contributed by atoms with Crippen molar-refractivity contribution in [3.8, 4) is 0 Å². The van der Waals surface area contributed by atoms with Crippen LogP contribution in [0.15, 0.2) is 66.1 Å². The van der Waals surface area contributed by atoms with Crippen LogP contribution in [0.2, 0.25) is 0 Å². The van der Waals surface area contributed by atoms with Gasteiger partial charge in [0.25, 0.3) is 0 Å². The van der Waals surface area contributed by atoms with Crippen molar-refractivity contribution < 1.29 is 8.42 Å². The zero-order valence-corrected chi connectivity index (χ0v) is 14.6. The molecule has 1 saturated heterocycles. The molecule has 1 atom stereocenters. The first-order valence-electron chi connectivity index (χ1n) is 8.05. The third kappa shape index (κ3) is 3.93. The number of benzene rings is 2. The molecule has 1 aliphatic heterocycles. The molecule has 2 aromatic carbocycles. The summed E-state index contributed by atoms with van der Waals surface area (Å²) in [6, 6.07) is 19.2. The van der Waals surface area contributed by atoms with E-state index in [9.17, 15) is 8.42 Å². The Morgan fingerprint density at radius 2 is 1.58 bits per heavy atom. The molecule has 1 aliphatic rings. The van der Waals surface area contributed by atoms with Crippen molar-refractivity contribution >= 4 is 16.1 Å². The van der Waals surface area contributed by atoms with Gasteiger partial charge in [0.15, 0.2) is 0 Å². The van der Waals surface area contributed by atoms with Crippen LogP contribution in [0.4, 0.5) is 0 Å². The third-order valence-electron chi connectivity index (χ3n) is 4.28. The molecule has 1 heterocycles. The number of nitrogens with zero attached hydrogens (tertiary/aromatic N) is 2. The van der Waals surface area contributed by atoms with Crippen molar-refractivity contribution in [2.45, 2.75) is 6.04 Å². The Labute approximate surface area is 144 Å². The molecule has 1 unspecified atom stereocenters. The summed E-state index contributed by atoms with van der Waals surface area (Å²) in [5, 5.41) is 1.32. The summed E-state index contributed by atoms with van der Waals surface area (Å²) in [5.41, 5.74) is 1.91. The maximum Gasteiger partial charge on any atom is 0.236 e. The molecule has 0 bridgehead atoms. The predicted octanol–water partition coefficient (Wildman–Crippen LogP) is 2.98. The summed E-state index contributed by atoms with van der Waals surface area (Å²) in [7, 11) is -1.45. The molecule has 0 spiro atoms. The fourth-order valence-corrected chi connectivity index (χ4v) is 4.33. The Morgan fingerprint density at radius 1 is 0.958 bits per heavy atom. The van der Waals surface area contributed by atoms with Crippen LogP contribution < -0.4 is 0 Å². The van der Waals surface area contributed by atoms with Crippen molar-refractivity contribution in [2.75, 3.05) is 26.7 Å². The van der Waals surface area contributed by atoms with Gasteiger partial charge in [0.2, 0.25) is 10.0 Å². The second-order valence-electron chi connectivity index (χ2n) is 6.06. The Balaban J connectivity index is 1.88. The van der Waals surface area contributed by atoms with Gasteiger partial charge in [-0.1, -0.05) is 60.7 Å². The summed E-state index contributed by atoms with van der Waals surface area (Å²) in [6.45, 7) is 1.93. The first-order valence-corrected chi connectivity index (χ1v) is 9.55. The highest BCUT2D eigenvalue weighted by molar-refractivity contribution is 7.92. The van der Waals surface area contributed by atoms with Gasteiger partial charge in [-0.15, -0.1) is 0 Å². The summed E-state index contributed by atoms with van der Waals surface area (Å²) in [4.78, 5) is 2.17. The smallest absolute Gasteiger partial charge is 0.236 e. The van der Waals surface area contributed by atoms with E-state index in [0.29, 0.717) is 13.1 Å². The van der Waals surface area contributed by atoms with Crippen molar-refractivity contribution in [3.63, 3.8) is 0 Å². The second kappa shape index (κ2) is 7.30. The van der Waals surface area contributed by atoms with Gasteiger partial charge in [-0.25, -0.2) is 8.42 Å². The second-order valence-corrected chi connectivity index (χ2v) is 7.83. The van der Waals surface area contributed by atoms with Gasteiger partial charge >= 0.3 is 0 Å². The lowest BCUT2D eigenvalue weighted by Crippen LogP contribution is -2.48. The number of hydrogen-bond acceptors (Lipinski definition) is 3. The minimum Gasteiger partial charge on any atom is -0.303 e. The average Bonchev–Trinajstić information content (AvgIpc) is 2.61. The van der Waals surface area contributed by atoms with Gasteiger partial charge in [-0.3, -0.25) is 0 Å². The van der Waals surface area contributed by atoms with E-state index in [-0.39, 0.29) is 6.04 Å². The fourth-order valence-electron chi connectivity index (χ4n) is 2.96. The quantitative estimate of drug-likeness (QED) is 0.858. The van der Waals surface area contributed by atoms with E-state index in [1.807, 2.05) is 67.7 Å². The number of hydrogen-bond donors (Lipinski definition) is 0. The standard InChI is InChI=1S/C19H22N2O2S/c1-20-13-14-21(19(16-20)18-10-6-3-7-11-18)24(22,23)15-12-17-8-4-2-5-9-17/h2-12,15,19H,13-14,16H2,1H3/b15-12+. The highest BCUT2D eigenvalue weighted by atomic mass is 32.2. The molecule has 24 heavy (non-hydrogen) atoms. The van der Waals surface area contributed by atoms with Gasteiger partial charge in [-0.05, 0) is 24.3 Å². The van der Waals surface area contributed by atoms with Crippen LogP contribution in [-0.4, -0.2) is 44.3 Å². The summed E-state index contributed by atoms with van der Waals surface area (Å²) >= 11 is 0. The minimum atomic E-state index is -3.48. The summed E-state index contributed by atoms with van der Waals surface area (Å²) < 4.78 is 27.4. The topological polar surface area (TPSA) is 40.6 Å². The molecule has 0 saturated carbocycles. The van der Waals surface area contributed by atoms with E-state index in [0.717, 1.165) is 17.7 Å². The molecule has 4 nitrogen and oxygen atoms in total. The molecule has 0 aliphatic carbocycles. The zero-order chi connectivity index (χ0) is 17.0. The molecule has 0 radical (unpaired) electrons. The molecule has 126 valence electrons. The van der Waals surface area contributed by atoms with Gasteiger partial charge < -0.3 is 4.90 Å². The molecular formula is C19H22N2O2S. The lowest BCUT2D eigenvalue weighted by Gasteiger charge is -2.38. The molecular weight excluding hydrogens is 320 g/mol. The van der Waals surface area contributed by atoms with Crippen LogP contribution in [0.1, 0.15) is 17.2 Å². The van der Waals surface area contributed by atoms with Crippen LogP contribution in [0.25, 0.3) is 6.08 Å². The van der Waals surface area contributed by atoms with E-state index in [4.69, 9.17) is 0 Å². The molecule has 2 aromatic rings. The van der Waals surface area contributed by atoms with Crippen molar-refractivity contribution in [1.82, 2.24) is 9.21 Å². The first-order chi connectivity index (χ1) is 11.6. The van der Waals surface area contributed by atoms with Crippen LogP contribution in [0.3, 0.4) is 0 Å². The molecule has 0 aromatic heterocycles. The van der Waals surface area contributed by atoms with Gasteiger partial charge in [0.05, 0.1) is 6.04 Å². The Kier molecular flexibility index (Phi) is 5.14. The Bertz CT molecular complexity index is 789. The number of sulfonamides is 1.